The number of pyridine rings is 1. The average molecular weight is 366 g/mol. The number of hydrogen-bond donors (Lipinski definition) is 2. The molecule has 6 nitrogen and oxygen atoms in total. The van der Waals surface area contributed by atoms with Gasteiger partial charge in [-0.25, -0.2) is 4.79 Å². The average Bonchev–Trinajstić information content (AvgIpc) is 2.63. The lowest BCUT2D eigenvalue weighted by molar-refractivity contribution is 0.203. The number of carbonyl (C=O) groups is 1. The third-order valence-electron chi connectivity index (χ3n) is 4.44. The second-order valence-electron chi connectivity index (χ2n) is 6.95. The Morgan fingerprint density at radius 1 is 1.11 bits per heavy atom. The highest BCUT2D eigenvalue weighted by Crippen LogP contribution is 2.37. The fourth-order valence-corrected chi connectivity index (χ4v) is 3.29. The van der Waals surface area contributed by atoms with Crippen molar-refractivity contribution in [2.24, 2.45) is 5.92 Å². The molecule has 3 aromatic rings. The molecule has 3 rings (SSSR count). The maximum atomic E-state index is 13.2. The molecule has 27 heavy (non-hydrogen) atoms. The molecule has 0 aliphatic rings. The van der Waals surface area contributed by atoms with Crippen molar-refractivity contribution in [3.05, 3.63) is 58.9 Å². The largest absolute Gasteiger partial charge is 0.508 e. The predicted molar refractivity (Wildman–Crippen MR) is 107 cm³/mol. The van der Waals surface area contributed by atoms with Gasteiger partial charge in [0.2, 0.25) is 0 Å². The molecule has 1 heterocycles. The summed E-state index contributed by atoms with van der Waals surface area (Å²) in [5.41, 5.74) is 1.10. The van der Waals surface area contributed by atoms with E-state index in [0.29, 0.717) is 28.7 Å². The Hall–Kier alpha value is -3.28. The van der Waals surface area contributed by atoms with E-state index in [1.165, 1.54) is 23.7 Å². The van der Waals surface area contributed by atoms with Crippen LogP contribution in [0.5, 0.6) is 5.75 Å². The summed E-state index contributed by atoms with van der Waals surface area (Å²) in [6.07, 6.45) is -1.16. The number of anilines is 1. The molecule has 2 N–H and O–H groups in total. The minimum atomic E-state index is -1.16. The molecule has 0 saturated heterocycles. The van der Waals surface area contributed by atoms with E-state index < -0.39 is 6.09 Å². The van der Waals surface area contributed by atoms with Gasteiger partial charge in [0.15, 0.2) is 0 Å². The number of phenolic OH excluding ortho intramolecular Hbond substituents is 1. The van der Waals surface area contributed by atoms with Crippen molar-refractivity contribution in [1.29, 1.82) is 0 Å². The first-order valence-electron chi connectivity index (χ1n) is 8.72. The van der Waals surface area contributed by atoms with Gasteiger partial charge in [-0.05, 0) is 29.7 Å². The van der Waals surface area contributed by atoms with Gasteiger partial charge in [0.25, 0.3) is 5.56 Å². The minimum Gasteiger partial charge on any atom is -0.508 e. The minimum absolute atomic E-state index is 0.0182. The Balaban J connectivity index is 2.55. The maximum absolute atomic E-state index is 13.2. The fourth-order valence-electron chi connectivity index (χ4n) is 3.29. The summed E-state index contributed by atoms with van der Waals surface area (Å²) in [5.74, 6) is 0.456. The number of rotatable bonds is 4. The van der Waals surface area contributed by atoms with E-state index in [-0.39, 0.29) is 17.2 Å². The van der Waals surface area contributed by atoms with E-state index in [4.69, 9.17) is 0 Å². The van der Waals surface area contributed by atoms with Gasteiger partial charge >= 0.3 is 6.09 Å². The molecule has 0 saturated carbocycles. The van der Waals surface area contributed by atoms with Gasteiger partial charge in [-0.2, -0.15) is 0 Å². The van der Waals surface area contributed by atoms with Gasteiger partial charge in [-0.3, -0.25) is 14.3 Å². The summed E-state index contributed by atoms with van der Waals surface area (Å²) >= 11 is 0. The van der Waals surface area contributed by atoms with Gasteiger partial charge in [0, 0.05) is 29.9 Å². The topological polar surface area (TPSA) is 82.8 Å². The molecule has 0 unspecified atom stereocenters. The molecular weight excluding hydrogens is 344 g/mol. The highest BCUT2D eigenvalue weighted by Gasteiger charge is 2.24. The molecule has 0 radical (unpaired) electrons. The maximum Gasteiger partial charge on any atom is 0.412 e. The molecule has 0 aliphatic carbocycles. The van der Waals surface area contributed by atoms with Gasteiger partial charge in [-0.15, -0.1) is 0 Å². The summed E-state index contributed by atoms with van der Waals surface area (Å²) in [4.78, 5) is 26.0. The monoisotopic (exact) mass is 366 g/mol. The highest BCUT2D eigenvalue weighted by atomic mass is 16.4. The predicted octanol–water partition coefficient (Wildman–Crippen LogP) is 4.14. The van der Waals surface area contributed by atoms with Crippen molar-refractivity contribution in [2.75, 3.05) is 11.9 Å². The van der Waals surface area contributed by atoms with Gasteiger partial charge in [0.1, 0.15) is 11.6 Å². The number of benzene rings is 2. The van der Waals surface area contributed by atoms with Crippen LogP contribution in [0.15, 0.2) is 53.3 Å². The molecule has 0 aliphatic heterocycles. The van der Waals surface area contributed by atoms with Crippen molar-refractivity contribution in [3.8, 4) is 16.9 Å². The summed E-state index contributed by atoms with van der Waals surface area (Å²) < 4.78 is 1.51. The van der Waals surface area contributed by atoms with E-state index in [1.54, 1.807) is 6.07 Å². The smallest absolute Gasteiger partial charge is 0.412 e. The first kappa shape index (κ1) is 18.5. The normalized spacial score (nSPS) is 11.1. The van der Waals surface area contributed by atoms with Crippen LogP contribution in [0.3, 0.4) is 0 Å². The first-order chi connectivity index (χ1) is 12.8. The molecule has 140 valence electrons. The number of hydrogen-bond acceptors (Lipinski definition) is 3. The van der Waals surface area contributed by atoms with E-state index in [1.807, 2.05) is 44.2 Å². The first-order valence-corrected chi connectivity index (χ1v) is 8.72. The van der Waals surface area contributed by atoms with Crippen molar-refractivity contribution in [1.82, 2.24) is 4.57 Å². The number of phenols is 1. The zero-order valence-corrected chi connectivity index (χ0v) is 15.5. The molecule has 2 aromatic carbocycles. The summed E-state index contributed by atoms with van der Waals surface area (Å²) in [5, 5.41) is 20.6. The SMILES string of the molecule is CC(C)Cn1c(N(C)C(=O)O)c(-c2ccccc2)c2cc(O)ccc2c1=O. The third-order valence-corrected chi connectivity index (χ3v) is 4.44. The number of aromatic hydroxyl groups is 1. The van der Waals surface area contributed by atoms with Gasteiger partial charge in [-0.1, -0.05) is 44.2 Å². The summed E-state index contributed by atoms with van der Waals surface area (Å²) in [6, 6.07) is 13.9. The van der Waals surface area contributed by atoms with Crippen LogP contribution in [0.1, 0.15) is 13.8 Å². The Kier molecular flexibility index (Phi) is 4.90. The van der Waals surface area contributed by atoms with Crippen LogP contribution in [0.4, 0.5) is 10.6 Å². The van der Waals surface area contributed by atoms with Crippen molar-refractivity contribution in [3.63, 3.8) is 0 Å². The summed E-state index contributed by atoms with van der Waals surface area (Å²) in [7, 11) is 1.43. The lowest BCUT2D eigenvalue weighted by atomic mass is 9.98. The number of fused-ring (bicyclic) bond motifs is 1. The highest BCUT2D eigenvalue weighted by molar-refractivity contribution is 6.05. The van der Waals surface area contributed by atoms with E-state index in [9.17, 15) is 19.8 Å². The molecule has 1 amide bonds. The molecule has 0 atom stereocenters. The zero-order chi connectivity index (χ0) is 19.7. The molecule has 1 aromatic heterocycles. The molecular formula is C21H22N2O4. The van der Waals surface area contributed by atoms with Crippen molar-refractivity contribution in [2.45, 2.75) is 20.4 Å². The number of aromatic nitrogens is 1. The standard InChI is InChI=1S/C21H22N2O4/c1-13(2)12-23-19(22(3)21(26)27)18(14-7-5-4-6-8-14)17-11-15(24)9-10-16(17)20(23)25/h4-11,13,24H,12H2,1-3H3,(H,26,27). The van der Waals surface area contributed by atoms with Crippen LogP contribution >= 0.6 is 0 Å². The molecule has 0 spiro atoms. The second-order valence-corrected chi connectivity index (χ2v) is 6.95. The van der Waals surface area contributed by atoms with E-state index in [2.05, 4.69) is 0 Å². The van der Waals surface area contributed by atoms with Gasteiger partial charge < -0.3 is 10.2 Å². The Morgan fingerprint density at radius 3 is 2.37 bits per heavy atom. The van der Waals surface area contributed by atoms with Crippen LogP contribution in [-0.4, -0.2) is 27.9 Å². The van der Waals surface area contributed by atoms with Crippen LogP contribution in [0.2, 0.25) is 0 Å². The Bertz CT molecular complexity index is 1060. The third kappa shape index (κ3) is 3.38. The van der Waals surface area contributed by atoms with E-state index >= 15 is 0 Å². The van der Waals surface area contributed by atoms with E-state index in [0.717, 1.165) is 10.5 Å². The number of carboxylic acid groups (broad SMARTS) is 1. The Labute approximate surface area is 156 Å². The number of nitrogens with zero attached hydrogens (tertiary/aromatic N) is 2. The van der Waals surface area contributed by atoms with Crippen LogP contribution in [0, 0.1) is 5.92 Å². The van der Waals surface area contributed by atoms with Gasteiger partial charge in [0.05, 0.1) is 0 Å². The molecule has 6 heteroatoms. The van der Waals surface area contributed by atoms with Crippen LogP contribution in [0.25, 0.3) is 21.9 Å². The zero-order valence-electron chi connectivity index (χ0n) is 15.5. The number of amides is 1. The van der Waals surface area contributed by atoms with Crippen LogP contribution in [-0.2, 0) is 6.54 Å². The van der Waals surface area contributed by atoms with Crippen LogP contribution < -0.4 is 10.5 Å². The summed E-state index contributed by atoms with van der Waals surface area (Å²) in [6.45, 7) is 4.32. The Morgan fingerprint density at radius 2 is 1.78 bits per heavy atom. The molecule has 0 fully saturated rings. The second kappa shape index (κ2) is 7.15. The van der Waals surface area contributed by atoms with Crippen molar-refractivity contribution >= 4 is 22.7 Å². The fraction of sp³-hybridized carbons (Fsp3) is 0.238. The quantitative estimate of drug-likeness (QED) is 0.727. The van der Waals surface area contributed by atoms with Crippen molar-refractivity contribution < 1.29 is 15.0 Å². The lowest BCUT2D eigenvalue weighted by Crippen LogP contribution is -2.34. The molecule has 0 bridgehead atoms. The lowest BCUT2D eigenvalue weighted by Gasteiger charge is -2.25.